The van der Waals surface area contributed by atoms with Gasteiger partial charge in [-0.25, -0.2) is 15.0 Å². The van der Waals surface area contributed by atoms with Crippen LogP contribution in [0.5, 0.6) is 0 Å². The minimum Gasteiger partial charge on any atom is -0.370 e. The van der Waals surface area contributed by atoms with E-state index in [1.54, 1.807) is 0 Å². The maximum atomic E-state index is 12.6. The Morgan fingerprint density at radius 3 is 1.78 bits per heavy atom. The van der Waals surface area contributed by atoms with Crippen molar-refractivity contribution in [1.82, 2.24) is 10.6 Å². The summed E-state index contributed by atoms with van der Waals surface area (Å²) in [7, 11) is 0. The topological polar surface area (TPSA) is 178 Å². The van der Waals surface area contributed by atoms with Crippen LogP contribution in [-0.2, 0) is 25.4 Å². The van der Waals surface area contributed by atoms with Gasteiger partial charge in [0.2, 0.25) is 5.96 Å². The van der Waals surface area contributed by atoms with Crippen molar-refractivity contribution in [2.75, 3.05) is 0 Å². The van der Waals surface area contributed by atoms with Crippen LogP contribution in [0.4, 0.5) is 26.3 Å². The molecule has 0 saturated heterocycles. The van der Waals surface area contributed by atoms with E-state index in [-0.39, 0.29) is 43.6 Å². The van der Waals surface area contributed by atoms with E-state index in [4.69, 9.17) is 22.9 Å². The van der Waals surface area contributed by atoms with E-state index in [2.05, 4.69) is 37.5 Å². The zero-order chi connectivity index (χ0) is 33.5. The SMILES string of the molecule is CCCCCCCCC1N=C(N)NC(=NCc2ccc(C(F)(F)F)cc2)N1.Cl.NC(N)=NC(N)=NCc1ccc(C(F)(F)F)cc1. The molecule has 10 nitrogen and oxygen atoms in total. The van der Waals surface area contributed by atoms with E-state index < -0.39 is 23.5 Å². The Morgan fingerprint density at radius 2 is 1.28 bits per heavy atom. The summed E-state index contributed by atoms with van der Waals surface area (Å²) in [5, 5.41) is 6.04. The first-order valence-corrected chi connectivity index (χ1v) is 14.3. The Hall–Kier alpha value is -4.21. The van der Waals surface area contributed by atoms with Gasteiger partial charge in [0.25, 0.3) is 0 Å². The van der Waals surface area contributed by atoms with Crippen LogP contribution in [-0.4, -0.2) is 30.0 Å². The highest BCUT2D eigenvalue weighted by Crippen LogP contribution is 2.30. The summed E-state index contributed by atoms with van der Waals surface area (Å²) in [6, 6.07) is 9.57. The van der Waals surface area contributed by atoms with Gasteiger partial charge in [-0.3, -0.25) is 5.32 Å². The molecule has 256 valence electrons. The predicted molar refractivity (Wildman–Crippen MR) is 172 cm³/mol. The molecule has 0 amide bonds. The van der Waals surface area contributed by atoms with Crippen LogP contribution in [0.3, 0.4) is 0 Å². The van der Waals surface area contributed by atoms with Crippen molar-refractivity contribution in [3.8, 4) is 0 Å². The first-order valence-electron chi connectivity index (χ1n) is 14.3. The van der Waals surface area contributed by atoms with Gasteiger partial charge in [-0.1, -0.05) is 63.3 Å². The van der Waals surface area contributed by atoms with Crippen molar-refractivity contribution < 1.29 is 26.3 Å². The number of guanidine groups is 4. The third-order valence-electron chi connectivity index (χ3n) is 6.33. The highest BCUT2D eigenvalue weighted by Gasteiger charge is 2.30. The molecule has 17 heteroatoms. The molecule has 0 radical (unpaired) electrons. The highest BCUT2D eigenvalue weighted by atomic mass is 35.5. The molecule has 1 aliphatic heterocycles. The van der Waals surface area contributed by atoms with Gasteiger partial charge in [0.05, 0.1) is 24.2 Å². The van der Waals surface area contributed by atoms with Gasteiger partial charge in [-0.2, -0.15) is 31.3 Å². The molecule has 0 aliphatic carbocycles. The molecule has 0 fully saturated rings. The maximum Gasteiger partial charge on any atom is 0.416 e. The zero-order valence-electron chi connectivity index (χ0n) is 25.3. The number of halogens is 7. The number of nitrogens with two attached hydrogens (primary N) is 4. The fraction of sp³-hybridized carbons (Fsp3) is 0.448. The zero-order valence-corrected chi connectivity index (χ0v) is 26.2. The lowest BCUT2D eigenvalue weighted by atomic mass is 10.1. The van der Waals surface area contributed by atoms with Crippen molar-refractivity contribution in [2.24, 2.45) is 42.9 Å². The lowest BCUT2D eigenvalue weighted by molar-refractivity contribution is -0.138. The second-order valence-electron chi connectivity index (χ2n) is 10.1. The molecule has 46 heavy (non-hydrogen) atoms. The number of aliphatic imine (C=N–C) groups is 4. The molecule has 0 bridgehead atoms. The Morgan fingerprint density at radius 1 is 0.783 bits per heavy atom. The number of alkyl halides is 6. The molecular weight excluding hydrogens is 638 g/mol. The van der Waals surface area contributed by atoms with E-state index in [1.165, 1.54) is 56.4 Å². The summed E-state index contributed by atoms with van der Waals surface area (Å²) in [6.45, 7) is 2.55. The predicted octanol–water partition coefficient (Wildman–Crippen LogP) is 5.36. The number of hydrogen-bond acceptors (Lipinski definition) is 4. The minimum atomic E-state index is -4.35. The molecule has 0 spiro atoms. The Bertz CT molecular complexity index is 1300. The third-order valence-corrected chi connectivity index (χ3v) is 6.33. The molecule has 1 heterocycles. The van der Waals surface area contributed by atoms with E-state index in [0.717, 1.165) is 37.1 Å². The Kier molecular flexibility index (Phi) is 16.7. The van der Waals surface area contributed by atoms with E-state index in [9.17, 15) is 26.3 Å². The van der Waals surface area contributed by atoms with Gasteiger partial charge in [0, 0.05) is 0 Å². The third kappa shape index (κ3) is 15.7. The van der Waals surface area contributed by atoms with Gasteiger partial charge in [0.15, 0.2) is 17.9 Å². The second kappa shape index (κ2) is 19.3. The lowest BCUT2D eigenvalue weighted by Gasteiger charge is -2.24. The standard InChI is InChI=1S/C19H28F3N5.C10H12F3N5.ClH/c1-2-3-4-5-6-7-8-16-25-17(23)27-18(26-16)24-13-14-9-11-15(12-10-14)19(20,21)22;11-10(12,13)7-3-1-6(2-4-7)5-17-9(16)18-8(14)15;/h9-12,16H,2-8,13H2,1H3,(H4,23,24,25,26,27);1-4H,5H2,(H6,14,15,16,17,18);1H. The van der Waals surface area contributed by atoms with Crippen LogP contribution >= 0.6 is 12.4 Å². The van der Waals surface area contributed by atoms with Crippen molar-refractivity contribution in [2.45, 2.75) is 83.5 Å². The summed E-state index contributed by atoms with van der Waals surface area (Å²) in [5.41, 5.74) is 21.2. The van der Waals surface area contributed by atoms with E-state index in [0.29, 0.717) is 23.0 Å². The van der Waals surface area contributed by atoms with Crippen LogP contribution in [0.25, 0.3) is 0 Å². The van der Waals surface area contributed by atoms with Crippen molar-refractivity contribution in [3.63, 3.8) is 0 Å². The van der Waals surface area contributed by atoms with Crippen LogP contribution in [0, 0.1) is 0 Å². The van der Waals surface area contributed by atoms with Gasteiger partial charge in [-0.15, -0.1) is 12.4 Å². The number of nitrogens with one attached hydrogen (secondary N) is 2. The number of unbranched alkanes of at least 4 members (excludes halogenated alkanes) is 5. The van der Waals surface area contributed by atoms with Crippen molar-refractivity contribution in [1.29, 1.82) is 0 Å². The summed E-state index contributed by atoms with van der Waals surface area (Å²) in [5.74, 6) is 0.438. The monoisotopic (exact) mass is 678 g/mol. The first-order chi connectivity index (χ1) is 21.2. The number of benzene rings is 2. The van der Waals surface area contributed by atoms with E-state index in [1.807, 2.05) is 0 Å². The number of hydrogen-bond donors (Lipinski definition) is 6. The van der Waals surface area contributed by atoms with E-state index >= 15 is 0 Å². The van der Waals surface area contributed by atoms with Crippen LogP contribution in [0.2, 0.25) is 0 Å². The second-order valence-corrected chi connectivity index (χ2v) is 10.1. The molecule has 1 unspecified atom stereocenters. The molecular formula is C29H41ClF6N10. The number of rotatable bonds is 11. The van der Waals surface area contributed by atoms with Crippen molar-refractivity contribution >= 4 is 36.2 Å². The molecule has 3 rings (SSSR count). The maximum absolute atomic E-state index is 12.6. The fourth-order valence-corrected chi connectivity index (χ4v) is 4.00. The van der Waals surface area contributed by atoms with Gasteiger partial charge in [-0.05, 0) is 48.2 Å². The summed E-state index contributed by atoms with van der Waals surface area (Å²) in [4.78, 5) is 16.0. The molecule has 0 saturated carbocycles. The lowest BCUT2D eigenvalue weighted by Crippen LogP contribution is -2.53. The normalized spacial score (nSPS) is 15.8. The summed E-state index contributed by atoms with van der Waals surface area (Å²) >= 11 is 0. The smallest absolute Gasteiger partial charge is 0.370 e. The van der Waals surface area contributed by atoms with Gasteiger partial charge < -0.3 is 28.3 Å². The Labute approximate surface area is 270 Å². The van der Waals surface area contributed by atoms with Gasteiger partial charge in [0.1, 0.15) is 6.17 Å². The Balaban J connectivity index is 0.000000487. The highest BCUT2D eigenvalue weighted by molar-refractivity contribution is 5.99. The van der Waals surface area contributed by atoms with Crippen LogP contribution in [0.1, 0.15) is 74.1 Å². The molecule has 2 aromatic carbocycles. The molecule has 2 aromatic rings. The van der Waals surface area contributed by atoms with Crippen LogP contribution < -0.4 is 33.6 Å². The van der Waals surface area contributed by atoms with Crippen LogP contribution in [0.15, 0.2) is 68.5 Å². The average molecular weight is 679 g/mol. The van der Waals surface area contributed by atoms with Gasteiger partial charge >= 0.3 is 12.4 Å². The average Bonchev–Trinajstić information content (AvgIpc) is 2.96. The largest absolute Gasteiger partial charge is 0.416 e. The summed E-state index contributed by atoms with van der Waals surface area (Å²) < 4.78 is 74.6. The fourth-order valence-electron chi connectivity index (χ4n) is 4.00. The quantitative estimate of drug-likeness (QED) is 0.0806. The molecule has 1 aliphatic rings. The summed E-state index contributed by atoms with van der Waals surface area (Å²) in [6.07, 6.45) is -0.702. The molecule has 0 aromatic heterocycles. The minimum absolute atomic E-state index is 0. The molecule has 1 atom stereocenters. The molecule has 10 N–H and O–H groups in total. The first kappa shape index (κ1) is 39.8. The number of nitrogens with zero attached hydrogens (tertiary/aromatic N) is 4. The van der Waals surface area contributed by atoms with Crippen molar-refractivity contribution in [3.05, 3.63) is 70.8 Å².